The molecular weight excluding hydrogens is 244 g/mol. The standard InChI is InChI=1S/C16H31ClO/c1-2-3-4-5-6-7-8-9-10-12-16(15-18)13-11-14-17/h15-16H,2-14H2,1H3. The first-order valence-corrected chi connectivity index (χ1v) is 8.39. The van der Waals surface area contributed by atoms with Crippen molar-refractivity contribution in [3.05, 3.63) is 0 Å². The highest BCUT2D eigenvalue weighted by Crippen LogP contribution is 2.16. The monoisotopic (exact) mass is 274 g/mol. The molecule has 18 heavy (non-hydrogen) atoms. The smallest absolute Gasteiger partial charge is 0.123 e. The van der Waals surface area contributed by atoms with Crippen LogP contribution in [0.4, 0.5) is 0 Å². The zero-order valence-electron chi connectivity index (χ0n) is 12.1. The Balaban J connectivity index is 3.20. The summed E-state index contributed by atoms with van der Waals surface area (Å²) in [6, 6.07) is 0. The van der Waals surface area contributed by atoms with Crippen LogP contribution < -0.4 is 0 Å². The van der Waals surface area contributed by atoms with Gasteiger partial charge in [-0.25, -0.2) is 0 Å². The summed E-state index contributed by atoms with van der Waals surface area (Å²) in [4.78, 5) is 10.8. The van der Waals surface area contributed by atoms with Gasteiger partial charge in [0.05, 0.1) is 0 Å². The van der Waals surface area contributed by atoms with E-state index in [9.17, 15) is 4.79 Å². The van der Waals surface area contributed by atoms with E-state index in [0.29, 0.717) is 5.88 Å². The number of aldehydes is 1. The van der Waals surface area contributed by atoms with Crippen LogP contribution >= 0.6 is 11.6 Å². The summed E-state index contributed by atoms with van der Waals surface area (Å²) in [6.07, 6.45) is 16.3. The number of carbonyl (C=O) groups excluding carboxylic acids is 1. The van der Waals surface area contributed by atoms with Gasteiger partial charge in [-0.15, -0.1) is 11.6 Å². The van der Waals surface area contributed by atoms with Crippen LogP contribution in [0, 0.1) is 5.92 Å². The second kappa shape index (κ2) is 15.0. The van der Waals surface area contributed by atoms with Crippen LogP contribution in [0.15, 0.2) is 0 Å². The van der Waals surface area contributed by atoms with Crippen molar-refractivity contribution in [1.29, 1.82) is 0 Å². The molecule has 0 aliphatic carbocycles. The number of halogens is 1. The van der Waals surface area contributed by atoms with E-state index in [-0.39, 0.29) is 5.92 Å². The molecule has 1 unspecified atom stereocenters. The first kappa shape index (κ1) is 18.0. The third kappa shape index (κ3) is 12.4. The molecule has 0 N–H and O–H groups in total. The first-order chi connectivity index (χ1) is 8.85. The first-order valence-electron chi connectivity index (χ1n) is 7.86. The normalized spacial score (nSPS) is 12.6. The van der Waals surface area contributed by atoms with Gasteiger partial charge < -0.3 is 4.79 Å². The Labute approximate surface area is 119 Å². The molecule has 2 heteroatoms. The van der Waals surface area contributed by atoms with Gasteiger partial charge in [0.25, 0.3) is 0 Å². The summed E-state index contributed by atoms with van der Waals surface area (Å²) < 4.78 is 0. The van der Waals surface area contributed by atoms with E-state index in [4.69, 9.17) is 11.6 Å². The van der Waals surface area contributed by atoms with Gasteiger partial charge in [0, 0.05) is 11.8 Å². The van der Waals surface area contributed by atoms with Crippen molar-refractivity contribution in [2.75, 3.05) is 5.88 Å². The fraction of sp³-hybridized carbons (Fsp3) is 0.938. The Hall–Kier alpha value is -0.0400. The lowest BCUT2D eigenvalue weighted by Crippen LogP contribution is -2.02. The predicted octanol–water partition coefficient (Wildman–Crippen LogP) is 5.74. The zero-order chi connectivity index (χ0) is 13.5. The number of hydrogen-bond acceptors (Lipinski definition) is 1. The van der Waals surface area contributed by atoms with Crippen LogP contribution in [0.2, 0.25) is 0 Å². The number of hydrogen-bond donors (Lipinski definition) is 0. The highest BCUT2D eigenvalue weighted by Gasteiger charge is 2.06. The molecule has 0 amide bonds. The molecule has 1 nitrogen and oxygen atoms in total. The molecule has 0 saturated heterocycles. The summed E-state index contributed by atoms with van der Waals surface area (Å²) in [5, 5.41) is 0. The van der Waals surface area contributed by atoms with E-state index in [2.05, 4.69) is 6.92 Å². The second-order valence-electron chi connectivity index (χ2n) is 5.34. The maximum absolute atomic E-state index is 10.8. The van der Waals surface area contributed by atoms with Crippen LogP contribution in [0.3, 0.4) is 0 Å². The molecule has 0 fully saturated rings. The maximum atomic E-state index is 10.8. The molecule has 1 atom stereocenters. The van der Waals surface area contributed by atoms with Gasteiger partial charge in [-0.05, 0) is 19.3 Å². The largest absolute Gasteiger partial charge is 0.303 e. The van der Waals surface area contributed by atoms with Gasteiger partial charge in [0.1, 0.15) is 6.29 Å². The van der Waals surface area contributed by atoms with Crippen molar-refractivity contribution in [3.63, 3.8) is 0 Å². The quantitative estimate of drug-likeness (QED) is 0.224. The van der Waals surface area contributed by atoms with E-state index < -0.39 is 0 Å². The Morgan fingerprint density at radius 2 is 1.33 bits per heavy atom. The minimum absolute atomic E-state index is 0.258. The van der Waals surface area contributed by atoms with Gasteiger partial charge >= 0.3 is 0 Å². The predicted molar refractivity (Wildman–Crippen MR) is 81.4 cm³/mol. The summed E-state index contributed by atoms with van der Waals surface area (Å²) in [6.45, 7) is 2.26. The lowest BCUT2D eigenvalue weighted by Gasteiger charge is -2.08. The molecule has 0 saturated carbocycles. The summed E-state index contributed by atoms with van der Waals surface area (Å²) in [5.74, 6) is 0.940. The average molecular weight is 275 g/mol. The van der Waals surface area contributed by atoms with Crippen LogP contribution in [0.1, 0.15) is 84.0 Å². The molecule has 0 aromatic rings. The Kier molecular flexibility index (Phi) is 15.0. The van der Waals surface area contributed by atoms with Crippen LogP contribution in [-0.4, -0.2) is 12.2 Å². The molecule has 0 heterocycles. The number of unbranched alkanes of at least 4 members (excludes halogenated alkanes) is 8. The van der Waals surface area contributed by atoms with Gasteiger partial charge in [-0.3, -0.25) is 0 Å². The molecule has 0 spiro atoms. The van der Waals surface area contributed by atoms with E-state index in [1.165, 1.54) is 57.8 Å². The number of carbonyl (C=O) groups is 1. The number of alkyl halides is 1. The van der Waals surface area contributed by atoms with Crippen molar-refractivity contribution < 1.29 is 4.79 Å². The summed E-state index contributed by atoms with van der Waals surface area (Å²) in [7, 11) is 0. The molecule has 0 bridgehead atoms. The SMILES string of the molecule is CCCCCCCCCCCC(C=O)CCCCl. The second-order valence-corrected chi connectivity index (χ2v) is 5.72. The van der Waals surface area contributed by atoms with Crippen molar-refractivity contribution in [1.82, 2.24) is 0 Å². The molecule has 0 aliphatic rings. The summed E-state index contributed by atoms with van der Waals surface area (Å²) in [5.41, 5.74) is 0. The van der Waals surface area contributed by atoms with E-state index in [0.717, 1.165) is 25.5 Å². The van der Waals surface area contributed by atoms with Crippen molar-refractivity contribution in [2.45, 2.75) is 84.0 Å². The third-order valence-corrected chi connectivity index (χ3v) is 3.85. The molecular formula is C16H31ClO. The van der Waals surface area contributed by atoms with E-state index in [1.807, 2.05) is 0 Å². The average Bonchev–Trinajstić information content (AvgIpc) is 2.40. The van der Waals surface area contributed by atoms with Crippen molar-refractivity contribution in [3.8, 4) is 0 Å². The van der Waals surface area contributed by atoms with Crippen LogP contribution in [0.5, 0.6) is 0 Å². The molecule has 0 rings (SSSR count). The van der Waals surface area contributed by atoms with Crippen LogP contribution in [0.25, 0.3) is 0 Å². The fourth-order valence-electron chi connectivity index (χ4n) is 2.34. The van der Waals surface area contributed by atoms with E-state index in [1.54, 1.807) is 0 Å². The highest BCUT2D eigenvalue weighted by molar-refractivity contribution is 6.17. The maximum Gasteiger partial charge on any atom is 0.123 e. The minimum Gasteiger partial charge on any atom is -0.303 e. The van der Waals surface area contributed by atoms with Crippen LogP contribution in [-0.2, 0) is 4.79 Å². The van der Waals surface area contributed by atoms with Crippen molar-refractivity contribution in [2.24, 2.45) is 5.92 Å². The lowest BCUT2D eigenvalue weighted by atomic mass is 9.97. The van der Waals surface area contributed by atoms with Gasteiger partial charge in [0.2, 0.25) is 0 Å². The molecule has 0 radical (unpaired) electrons. The molecule has 108 valence electrons. The third-order valence-electron chi connectivity index (χ3n) is 3.58. The zero-order valence-corrected chi connectivity index (χ0v) is 12.9. The van der Waals surface area contributed by atoms with Gasteiger partial charge in [0.15, 0.2) is 0 Å². The Bertz CT molecular complexity index is 170. The minimum atomic E-state index is 0.258. The topological polar surface area (TPSA) is 17.1 Å². The highest BCUT2D eigenvalue weighted by atomic mass is 35.5. The number of rotatable bonds is 14. The summed E-state index contributed by atoms with van der Waals surface area (Å²) >= 11 is 5.64. The Morgan fingerprint density at radius 1 is 0.833 bits per heavy atom. The fourth-order valence-corrected chi connectivity index (χ4v) is 2.49. The molecule has 0 aromatic carbocycles. The molecule has 0 aromatic heterocycles. The van der Waals surface area contributed by atoms with E-state index >= 15 is 0 Å². The van der Waals surface area contributed by atoms with Gasteiger partial charge in [-0.2, -0.15) is 0 Å². The lowest BCUT2D eigenvalue weighted by molar-refractivity contribution is -0.111. The Morgan fingerprint density at radius 3 is 1.83 bits per heavy atom. The molecule has 0 aliphatic heterocycles. The van der Waals surface area contributed by atoms with Gasteiger partial charge in [-0.1, -0.05) is 64.7 Å². The van der Waals surface area contributed by atoms with Crippen molar-refractivity contribution >= 4 is 17.9 Å².